The fraction of sp³-hybridized carbons (Fsp3) is 0.588. The zero-order valence-corrected chi connectivity index (χ0v) is 13.2. The summed E-state index contributed by atoms with van der Waals surface area (Å²) >= 11 is 0. The summed E-state index contributed by atoms with van der Waals surface area (Å²) in [6.45, 7) is 3.69. The van der Waals surface area contributed by atoms with Gasteiger partial charge in [0.15, 0.2) is 18.1 Å². The van der Waals surface area contributed by atoms with E-state index in [2.05, 4.69) is 6.92 Å². The maximum absolute atomic E-state index is 12.4. The third kappa shape index (κ3) is 3.19. The number of rotatable bonds is 4. The Hall–Kier alpha value is -1.75. The molecular formula is C17H23NO4. The maximum Gasteiger partial charge on any atom is 0.260 e. The number of ether oxygens (including phenoxy) is 3. The number of methoxy groups -OCH3 is 1. The highest BCUT2D eigenvalue weighted by atomic mass is 16.5. The molecule has 5 heteroatoms. The van der Waals surface area contributed by atoms with Crippen LogP contribution in [0, 0.1) is 5.92 Å². The molecule has 2 aliphatic rings. The Kier molecular flexibility index (Phi) is 4.52. The van der Waals surface area contributed by atoms with Crippen LogP contribution in [-0.4, -0.2) is 49.8 Å². The molecule has 0 bridgehead atoms. The molecule has 0 radical (unpaired) electrons. The summed E-state index contributed by atoms with van der Waals surface area (Å²) in [5.41, 5.74) is 0. The van der Waals surface area contributed by atoms with E-state index in [1.165, 1.54) is 0 Å². The summed E-state index contributed by atoms with van der Waals surface area (Å²) in [7, 11) is 1.59. The maximum atomic E-state index is 12.4. The molecule has 1 aromatic rings. The van der Waals surface area contributed by atoms with Crippen LogP contribution in [0.4, 0.5) is 0 Å². The van der Waals surface area contributed by atoms with Gasteiger partial charge in [0, 0.05) is 19.0 Å². The van der Waals surface area contributed by atoms with Gasteiger partial charge < -0.3 is 19.1 Å². The van der Waals surface area contributed by atoms with Gasteiger partial charge in [-0.15, -0.1) is 0 Å². The van der Waals surface area contributed by atoms with Crippen molar-refractivity contribution in [2.45, 2.75) is 32.0 Å². The van der Waals surface area contributed by atoms with E-state index in [1.807, 2.05) is 29.2 Å². The Bertz CT molecular complexity index is 533. The van der Waals surface area contributed by atoms with Crippen LogP contribution in [0.2, 0.25) is 0 Å². The van der Waals surface area contributed by atoms with Crippen molar-refractivity contribution >= 4 is 5.91 Å². The first kappa shape index (κ1) is 15.2. The number of fused-ring (bicyclic) bond motifs is 1. The van der Waals surface area contributed by atoms with Crippen molar-refractivity contribution in [1.82, 2.24) is 4.90 Å². The molecule has 120 valence electrons. The number of amides is 1. The molecule has 1 aromatic carbocycles. The Morgan fingerprint density at radius 3 is 2.91 bits per heavy atom. The Morgan fingerprint density at radius 2 is 2.14 bits per heavy atom. The molecular weight excluding hydrogens is 282 g/mol. The number of nitrogens with zero attached hydrogens (tertiary/aromatic N) is 1. The Balaban J connectivity index is 1.54. The minimum absolute atomic E-state index is 0.0314. The first-order valence-corrected chi connectivity index (χ1v) is 7.86. The fourth-order valence-electron chi connectivity index (χ4n) is 3.39. The largest absolute Gasteiger partial charge is 0.493 e. The van der Waals surface area contributed by atoms with Gasteiger partial charge in [-0.1, -0.05) is 12.1 Å². The smallest absolute Gasteiger partial charge is 0.260 e. The lowest BCUT2D eigenvalue weighted by Crippen LogP contribution is -2.46. The summed E-state index contributed by atoms with van der Waals surface area (Å²) in [6, 6.07) is 7.37. The molecule has 3 rings (SSSR count). The average molecular weight is 305 g/mol. The number of carbonyl (C=O) groups is 1. The van der Waals surface area contributed by atoms with E-state index in [4.69, 9.17) is 14.2 Å². The number of benzene rings is 1. The quantitative estimate of drug-likeness (QED) is 0.855. The van der Waals surface area contributed by atoms with Gasteiger partial charge in [-0.3, -0.25) is 4.79 Å². The number of hydrogen-bond acceptors (Lipinski definition) is 4. The number of likely N-dealkylation sites (tertiary alicyclic amines) is 1. The second kappa shape index (κ2) is 6.57. The van der Waals surface area contributed by atoms with Gasteiger partial charge in [0.05, 0.1) is 19.3 Å². The second-order valence-electron chi connectivity index (χ2n) is 6.05. The summed E-state index contributed by atoms with van der Waals surface area (Å²) < 4.78 is 16.7. The first-order valence-electron chi connectivity index (χ1n) is 7.86. The van der Waals surface area contributed by atoms with Crippen LogP contribution in [0.25, 0.3) is 0 Å². The molecule has 0 aliphatic carbocycles. The molecule has 0 aromatic heterocycles. The van der Waals surface area contributed by atoms with E-state index >= 15 is 0 Å². The number of carbonyl (C=O) groups excluding carboxylic acids is 1. The summed E-state index contributed by atoms with van der Waals surface area (Å²) in [4.78, 5) is 14.3. The van der Waals surface area contributed by atoms with Crippen molar-refractivity contribution < 1.29 is 19.0 Å². The minimum Gasteiger partial charge on any atom is -0.493 e. The van der Waals surface area contributed by atoms with Crippen molar-refractivity contribution in [2.24, 2.45) is 5.92 Å². The first-order chi connectivity index (χ1) is 10.7. The fourth-order valence-corrected chi connectivity index (χ4v) is 3.39. The molecule has 0 saturated carbocycles. The van der Waals surface area contributed by atoms with Crippen molar-refractivity contribution in [3.63, 3.8) is 0 Å². The second-order valence-corrected chi connectivity index (χ2v) is 6.05. The van der Waals surface area contributed by atoms with Gasteiger partial charge in [-0.25, -0.2) is 0 Å². The van der Waals surface area contributed by atoms with Crippen LogP contribution in [0.3, 0.4) is 0 Å². The highest BCUT2D eigenvalue weighted by molar-refractivity contribution is 5.78. The lowest BCUT2D eigenvalue weighted by molar-refractivity contribution is -0.136. The van der Waals surface area contributed by atoms with Crippen molar-refractivity contribution in [3.05, 3.63) is 24.3 Å². The van der Waals surface area contributed by atoms with Crippen LogP contribution in [-0.2, 0) is 9.53 Å². The monoisotopic (exact) mass is 305 g/mol. The van der Waals surface area contributed by atoms with Crippen LogP contribution >= 0.6 is 0 Å². The van der Waals surface area contributed by atoms with Gasteiger partial charge in [0.2, 0.25) is 0 Å². The number of piperidine rings is 1. The topological polar surface area (TPSA) is 48.0 Å². The zero-order valence-electron chi connectivity index (χ0n) is 13.2. The van der Waals surface area contributed by atoms with E-state index in [9.17, 15) is 4.79 Å². The molecule has 0 unspecified atom stereocenters. The molecule has 3 atom stereocenters. The Morgan fingerprint density at radius 1 is 1.36 bits per heavy atom. The molecule has 0 N–H and O–H groups in total. The Labute approximate surface area is 131 Å². The predicted octanol–water partition coefficient (Wildman–Crippen LogP) is 2.10. The van der Waals surface area contributed by atoms with E-state index in [1.54, 1.807) is 7.11 Å². The lowest BCUT2D eigenvalue weighted by atomic mass is 9.93. The molecule has 22 heavy (non-hydrogen) atoms. The van der Waals surface area contributed by atoms with Crippen LogP contribution in [0.5, 0.6) is 11.5 Å². The summed E-state index contributed by atoms with van der Waals surface area (Å²) in [5.74, 6) is 1.75. The number of hydrogen-bond donors (Lipinski definition) is 0. The molecule has 2 aliphatic heterocycles. The van der Waals surface area contributed by atoms with Crippen LogP contribution < -0.4 is 9.47 Å². The third-order valence-corrected chi connectivity index (χ3v) is 4.48. The van der Waals surface area contributed by atoms with E-state index < -0.39 is 0 Å². The van der Waals surface area contributed by atoms with Gasteiger partial charge in [0.25, 0.3) is 5.91 Å². The highest BCUT2D eigenvalue weighted by Crippen LogP contribution is 2.32. The molecule has 2 fully saturated rings. The molecule has 5 nitrogen and oxygen atoms in total. The van der Waals surface area contributed by atoms with E-state index in [0.717, 1.165) is 25.9 Å². The SMILES string of the molecule is COc1ccccc1OCC(=O)N1CC[C@@H]2O[C@H](C)C[C@@H]2C1. The van der Waals surface area contributed by atoms with Gasteiger partial charge in [-0.05, 0) is 31.9 Å². The van der Waals surface area contributed by atoms with Crippen LogP contribution in [0.15, 0.2) is 24.3 Å². The average Bonchev–Trinajstić information content (AvgIpc) is 2.91. The number of para-hydroxylation sites is 2. The molecule has 1 amide bonds. The van der Waals surface area contributed by atoms with Gasteiger partial charge >= 0.3 is 0 Å². The van der Waals surface area contributed by atoms with Crippen molar-refractivity contribution in [1.29, 1.82) is 0 Å². The van der Waals surface area contributed by atoms with E-state index in [0.29, 0.717) is 29.6 Å². The standard InChI is InChI=1S/C17H23NO4/c1-12-9-13-10-18(8-7-14(13)22-12)17(19)11-21-16-6-4-3-5-15(16)20-2/h3-6,12-14H,7-11H2,1-2H3/t12-,13-,14+/m1/s1. The molecule has 2 heterocycles. The summed E-state index contributed by atoms with van der Waals surface area (Å²) in [6.07, 6.45) is 2.61. The molecule has 2 saturated heterocycles. The predicted molar refractivity (Wildman–Crippen MR) is 82.1 cm³/mol. The molecule has 0 spiro atoms. The lowest BCUT2D eigenvalue weighted by Gasteiger charge is -2.34. The summed E-state index contributed by atoms with van der Waals surface area (Å²) in [5, 5.41) is 0. The third-order valence-electron chi connectivity index (χ3n) is 4.48. The zero-order chi connectivity index (χ0) is 15.5. The highest BCUT2D eigenvalue weighted by Gasteiger charge is 2.38. The van der Waals surface area contributed by atoms with Gasteiger partial charge in [0.1, 0.15) is 0 Å². The van der Waals surface area contributed by atoms with E-state index in [-0.39, 0.29) is 12.5 Å². The van der Waals surface area contributed by atoms with Crippen molar-refractivity contribution in [3.8, 4) is 11.5 Å². The van der Waals surface area contributed by atoms with Crippen molar-refractivity contribution in [2.75, 3.05) is 26.8 Å². The minimum atomic E-state index is 0.0314. The van der Waals surface area contributed by atoms with Crippen LogP contribution in [0.1, 0.15) is 19.8 Å². The van der Waals surface area contributed by atoms with Gasteiger partial charge in [-0.2, -0.15) is 0 Å². The normalized spacial score (nSPS) is 27.4.